The van der Waals surface area contributed by atoms with Crippen molar-refractivity contribution in [1.29, 1.82) is 0 Å². The molecule has 82 valence electrons. The number of nitrogens with zero attached hydrogens (tertiary/aromatic N) is 2. The molecule has 0 atom stereocenters. The first-order chi connectivity index (χ1) is 6.56. The van der Waals surface area contributed by atoms with Crippen molar-refractivity contribution < 1.29 is 14.7 Å². The number of aromatic nitrogens is 1. The van der Waals surface area contributed by atoms with E-state index in [0.29, 0.717) is 12.1 Å². The summed E-state index contributed by atoms with van der Waals surface area (Å²) in [6.07, 6.45) is 1.74. The molecule has 5 nitrogen and oxygen atoms in total. The molecule has 0 spiro atoms. The van der Waals surface area contributed by atoms with Gasteiger partial charge in [0.15, 0.2) is 6.29 Å². The standard InChI is InChI=1S/C9H10N2O3.ClH/c1-11(2)8-3-7(9(13)14)6(5-12)4-10-8;/h3-5H,1-2H3,(H,13,14);1H. The zero-order valence-corrected chi connectivity index (χ0v) is 9.11. The minimum atomic E-state index is -1.13. The van der Waals surface area contributed by atoms with Crippen LogP contribution in [0.3, 0.4) is 0 Å². The summed E-state index contributed by atoms with van der Waals surface area (Å²) in [4.78, 5) is 26.8. The second kappa shape index (κ2) is 5.31. The number of carbonyl (C=O) groups excluding carboxylic acids is 1. The molecule has 0 radical (unpaired) electrons. The van der Waals surface area contributed by atoms with Gasteiger partial charge in [-0.25, -0.2) is 9.78 Å². The Morgan fingerprint density at radius 1 is 1.53 bits per heavy atom. The molecule has 0 unspecified atom stereocenters. The molecule has 0 bridgehead atoms. The highest BCUT2D eigenvalue weighted by atomic mass is 35.5. The third kappa shape index (κ3) is 2.92. The highest BCUT2D eigenvalue weighted by Crippen LogP contribution is 2.13. The predicted molar refractivity (Wildman–Crippen MR) is 58.2 cm³/mol. The third-order valence-electron chi connectivity index (χ3n) is 1.74. The van der Waals surface area contributed by atoms with Gasteiger partial charge in [0.1, 0.15) is 5.82 Å². The minimum absolute atomic E-state index is 0. The molecule has 0 saturated heterocycles. The van der Waals surface area contributed by atoms with E-state index in [-0.39, 0.29) is 23.5 Å². The molecule has 6 heteroatoms. The quantitative estimate of drug-likeness (QED) is 0.787. The predicted octanol–water partition coefficient (Wildman–Crippen LogP) is 1.08. The number of rotatable bonds is 3. The molecule has 1 N–H and O–H groups in total. The largest absolute Gasteiger partial charge is 0.478 e. The monoisotopic (exact) mass is 230 g/mol. The summed E-state index contributed by atoms with van der Waals surface area (Å²) in [5.41, 5.74) is 0.0572. The van der Waals surface area contributed by atoms with Gasteiger partial charge in [0.25, 0.3) is 0 Å². The fourth-order valence-corrected chi connectivity index (χ4v) is 0.979. The van der Waals surface area contributed by atoms with Gasteiger partial charge in [0.2, 0.25) is 0 Å². The zero-order chi connectivity index (χ0) is 10.7. The SMILES string of the molecule is CN(C)c1cc(C(=O)O)c(C=O)cn1.Cl. The van der Waals surface area contributed by atoms with Crippen LogP contribution in [-0.4, -0.2) is 36.4 Å². The maximum Gasteiger partial charge on any atom is 0.336 e. The van der Waals surface area contributed by atoms with Crippen LogP contribution in [0.1, 0.15) is 20.7 Å². The number of carboxylic acids is 1. The number of anilines is 1. The van der Waals surface area contributed by atoms with E-state index in [4.69, 9.17) is 5.11 Å². The van der Waals surface area contributed by atoms with Crippen LogP contribution in [0.4, 0.5) is 5.82 Å². The summed E-state index contributed by atoms with van der Waals surface area (Å²) in [6.45, 7) is 0. The van der Waals surface area contributed by atoms with Crippen molar-refractivity contribution in [3.05, 3.63) is 23.4 Å². The van der Waals surface area contributed by atoms with Gasteiger partial charge < -0.3 is 10.0 Å². The molecule has 15 heavy (non-hydrogen) atoms. The average Bonchev–Trinajstić information content (AvgIpc) is 2.16. The summed E-state index contributed by atoms with van der Waals surface area (Å²) in [5, 5.41) is 8.80. The fraction of sp³-hybridized carbons (Fsp3) is 0.222. The molecule has 1 aromatic rings. The van der Waals surface area contributed by atoms with Crippen LogP contribution < -0.4 is 4.90 Å². The molecule has 0 aliphatic heterocycles. The summed E-state index contributed by atoms with van der Waals surface area (Å²) in [7, 11) is 3.49. The topological polar surface area (TPSA) is 70.5 Å². The van der Waals surface area contributed by atoms with Crippen molar-refractivity contribution in [2.75, 3.05) is 19.0 Å². The molecular formula is C9H11ClN2O3. The Morgan fingerprint density at radius 2 is 2.13 bits per heavy atom. The van der Waals surface area contributed by atoms with E-state index in [2.05, 4.69) is 4.98 Å². The highest BCUT2D eigenvalue weighted by Gasteiger charge is 2.11. The van der Waals surface area contributed by atoms with E-state index in [1.54, 1.807) is 19.0 Å². The number of aromatic carboxylic acids is 1. The molecule has 0 aliphatic carbocycles. The maximum absolute atomic E-state index is 10.8. The second-order valence-electron chi connectivity index (χ2n) is 2.95. The minimum Gasteiger partial charge on any atom is -0.478 e. The first kappa shape index (κ1) is 13.4. The van der Waals surface area contributed by atoms with Crippen molar-refractivity contribution in [1.82, 2.24) is 4.98 Å². The Kier molecular flexibility index (Phi) is 4.73. The Labute approximate surface area is 93.1 Å². The summed E-state index contributed by atoms with van der Waals surface area (Å²) >= 11 is 0. The molecule has 1 heterocycles. The van der Waals surface area contributed by atoms with Crippen LogP contribution in [0.2, 0.25) is 0 Å². The normalized spacial score (nSPS) is 8.93. The van der Waals surface area contributed by atoms with E-state index < -0.39 is 5.97 Å². The highest BCUT2D eigenvalue weighted by molar-refractivity contribution is 5.97. The summed E-state index contributed by atoms with van der Waals surface area (Å²) < 4.78 is 0. The summed E-state index contributed by atoms with van der Waals surface area (Å²) in [6, 6.07) is 1.37. The lowest BCUT2D eigenvalue weighted by molar-refractivity contribution is 0.0694. The van der Waals surface area contributed by atoms with Crippen molar-refractivity contribution in [2.45, 2.75) is 0 Å². The van der Waals surface area contributed by atoms with E-state index in [9.17, 15) is 9.59 Å². The van der Waals surface area contributed by atoms with Crippen LogP contribution in [-0.2, 0) is 0 Å². The number of carbonyl (C=O) groups is 2. The van der Waals surface area contributed by atoms with Crippen LogP contribution in [0.25, 0.3) is 0 Å². The van der Waals surface area contributed by atoms with E-state index >= 15 is 0 Å². The Morgan fingerprint density at radius 3 is 2.53 bits per heavy atom. The lowest BCUT2D eigenvalue weighted by Crippen LogP contribution is -2.13. The first-order valence-corrected chi connectivity index (χ1v) is 3.92. The maximum atomic E-state index is 10.8. The molecule has 0 saturated carbocycles. The zero-order valence-electron chi connectivity index (χ0n) is 8.30. The number of halogens is 1. The van der Waals surface area contributed by atoms with E-state index in [1.807, 2.05) is 0 Å². The Balaban J connectivity index is 0.00000196. The van der Waals surface area contributed by atoms with Gasteiger partial charge in [-0.05, 0) is 6.07 Å². The number of hydrogen-bond acceptors (Lipinski definition) is 4. The van der Waals surface area contributed by atoms with E-state index in [1.165, 1.54) is 12.3 Å². The van der Waals surface area contributed by atoms with Crippen molar-refractivity contribution >= 4 is 30.5 Å². The van der Waals surface area contributed by atoms with Crippen LogP contribution in [0.15, 0.2) is 12.3 Å². The number of hydrogen-bond donors (Lipinski definition) is 1. The van der Waals surface area contributed by atoms with Gasteiger partial charge in [0.05, 0.1) is 5.56 Å². The molecular weight excluding hydrogens is 220 g/mol. The summed E-state index contributed by atoms with van der Waals surface area (Å²) in [5.74, 6) is -0.620. The third-order valence-corrected chi connectivity index (χ3v) is 1.74. The number of aldehydes is 1. The molecule has 0 fully saturated rings. The Hall–Kier alpha value is -1.62. The van der Waals surface area contributed by atoms with Crippen molar-refractivity contribution in [3.63, 3.8) is 0 Å². The van der Waals surface area contributed by atoms with Gasteiger partial charge in [-0.15, -0.1) is 12.4 Å². The second-order valence-corrected chi connectivity index (χ2v) is 2.95. The van der Waals surface area contributed by atoms with Gasteiger partial charge in [-0.2, -0.15) is 0 Å². The number of pyridine rings is 1. The van der Waals surface area contributed by atoms with Gasteiger partial charge in [-0.3, -0.25) is 4.79 Å². The van der Waals surface area contributed by atoms with Gasteiger partial charge in [-0.1, -0.05) is 0 Å². The Bertz CT molecular complexity index is 380. The van der Waals surface area contributed by atoms with Crippen molar-refractivity contribution in [2.24, 2.45) is 0 Å². The van der Waals surface area contributed by atoms with Crippen molar-refractivity contribution in [3.8, 4) is 0 Å². The molecule has 0 aromatic carbocycles. The van der Waals surface area contributed by atoms with Crippen LogP contribution >= 0.6 is 12.4 Å². The van der Waals surface area contributed by atoms with Crippen LogP contribution in [0.5, 0.6) is 0 Å². The molecule has 1 aromatic heterocycles. The van der Waals surface area contributed by atoms with Gasteiger partial charge >= 0.3 is 5.97 Å². The molecule has 1 rings (SSSR count). The lowest BCUT2D eigenvalue weighted by Gasteiger charge is -2.11. The van der Waals surface area contributed by atoms with Crippen LogP contribution in [0, 0.1) is 0 Å². The fourth-order valence-electron chi connectivity index (χ4n) is 0.979. The smallest absolute Gasteiger partial charge is 0.336 e. The average molecular weight is 231 g/mol. The first-order valence-electron chi connectivity index (χ1n) is 3.92. The molecule has 0 aliphatic rings. The number of carboxylic acid groups (broad SMARTS) is 1. The molecule has 0 amide bonds. The van der Waals surface area contributed by atoms with Gasteiger partial charge in [0, 0.05) is 25.9 Å². The lowest BCUT2D eigenvalue weighted by atomic mass is 10.1. The van der Waals surface area contributed by atoms with E-state index in [0.717, 1.165) is 0 Å².